The minimum Gasteiger partial charge on any atom is -0.378 e. The van der Waals surface area contributed by atoms with E-state index in [0.717, 1.165) is 6.54 Å². The number of anilines is 1. The van der Waals surface area contributed by atoms with Crippen molar-refractivity contribution < 1.29 is 14.3 Å². The van der Waals surface area contributed by atoms with E-state index in [0.29, 0.717) is 44.0 Å². The third-order valence-electron chi connectivity index (χ3n) is 3.87. The topological polar surface area (TPSA) is 70.7 Å². The summed E-state index contributed by atoms with van der Waals surface area (Å²) in [5, 5.41) is 6.10. The highest BCUT2D eigenvalue weighted by Gasteiger charge is 2.17. The molecule has 1 aromatic rings. The van der Waals surface area contributed by atoms with E-state index in [1.165, 1.54) is 0 Å². The number of hydrogen-bond donors (Lipinski definition) is 2. The molecule has 0 radical (unpaired) electrons. The first-order valence-corrected chi connectivity index (χ1v) is 8.14. The van der Waals surface area contributed by atoms with Crippen LogP contribution in [0.4, 0.5) is 5.69 Å². The Morgan fingerprint density at radius 3 is 2.71 bits per heavy atom. The second-order valence-corrected chi connectivity index (χ2v) is 5.54. The van der Waals surface area contributed by atoms with Crippen molar-refractivity contribution in [2.75, 3.05) is 38.2 Å². The maximum atomic E-state index is 12.3. The molecular formula is C17H26ClN3O3. The van der Waals surface area contributed by atoms with Gasteiger partial charge in [0.05, 0.1) is 13.2 Å². The van der Waals surface area contributed by atoms with Gasteiger partial charge in [-0.1, -0.05) is 6.07 Å². The van der Waals surface area contributed by atoms with E-state index in [-0.39, 0.29) is 30.3 Å². The Kier molecular flexibility index (Phi) is 8.74. The maximum absolute atomic E-state index is 12.3. The number of halogens is 1. The quantitative estimate of drug-likeness (QED) is 0.817. The summed E-state index contributed by atoms with van der Waals surface area (Å²) in [5.41, 5.74) is 1.23. The molecule has 1 aliphatic rings. The van der Waals surface area contributed by atoms with Crippen molar-refractivity contribution in [1.29, 1.82) is 0 Å². The maximum Gasteiger partial charge on any atom is 0.253 e. The van der Waals surface area contributed by atoms with Crippen molar-refractivity contribution in [3.63, 3.8) is 0 Å². The number of morpholine rings is 1. The predicted octanol–water partition coefficient (Wildman–Crippen LogP) is 1.91. The lowest BCUT2D eigenvalue weighted by atomic mass is 10.1. The van der Waals surface area contributed by atoms with Crippen molar-refractivity contribution in [1.82, 2.24) is 10.2 Å². The molecule has 1 aliphatic heterocycles. The fraction of sp³-hybridized carbons (Fsp3) is 0.529. The first-order valence-electron chi connectivity index (χ1n) is 8.14. The van der Waals surface area contributed by atoms with Crippen LogP contribution in [-0.4, -0.2) is 55.6 Å². The van der Waals surface area contributed by atoms with Gasteiger partial charge in [-0.25, -0.2) is 0 Å². The van der Waals surface area contributed by atoms with Crippen molar-refractivity contribution in [2.24, 2.45) is 0 Å². The highest BCUT2D eigenvalue weighted by Crippen LogP contribution is 2.14. The van der Waals surface area contributed by atoms with Crippen molar-refractivity contribution in [3.05, 3.63) is 29.8 Å². The smallest absolute Gasteiger partial charge is 0.253 e. The van der Waals surface area contributed by atoms with Gasteiger partial charge in [-0.05, 0) is 32.0 Å². The van der Waals surface area contributed by atoms with E-state index < -0.39 is 0 Å². The molecule has 24 heavy (non-hydrogen) atoms. The van der Waals surface area contributed by atoms with Gasteiger partial charge >= 0.3 is 0 Å². The minimum absolute atomic E-state index is 0. The molecule has 0 aromatic heterocycles. The lowest BCUT2D eigenvalue weighted by molar-refractivity contribution is -0.117. The van der Waals surface area contributed by atoms with Crippen LogP contribution >= 0.6 is 12.4 Å². The highest BCUT2D eigenvalue weighted by atomic mass is 35.5. The molecule has 134 valence electrons. The van der Waals surface area contributed by atoms with Gasteiger partial charge in [0.1, 0.15) is 0 Å². The average Bonchev–Trinajstić information content (AvgIpc) is 2.57. The summed E-state index contributed by atoms with van der Waals surface area (Å²) < 4.78 is 5.34. The van der Waals surface area contributed by atoms with E-state index in [1.807, 2.05) is 13.8 Å². The summed E-state index contributed by atoms with van der Waals surface area (Å²) in [7, 11) is 0. The number of benzene rings is 1. The van der Waals surface area contributed by atoms with Crippen LogP contribution in [0.2, 0.25) is 0 Å². The molecule has 1 aromatic carbocycles. The molecule has 1 unspecified atom stereocenters. The molecule has 1 saturated heterocycles. The highest BCUT2D eigenvalue weighted by molar-refractivity contribution is 5.97. The fourth-order valence-electron chi connectivity index (χ4n) is 2.61. The van der Waals surface area contributed by atoms with Gasteiger partial charge in [-0.15, -0.1) is 12.4 Å². The SMILES string of the molecule is CCN(CC)C(=O)c1cccc(NC(=O)CC2COCCN2)c1.Cl. The molecule has 0 aliphatic carbocycles. The average molecular weight is 356 g/mol. The first-order chi connectivity index (χ1) is 11.1. The van der Waals surface area contributed by atoms with Gasteiger partial charge in [-0.2, -0.15) is 0 Å². The molecule has 2 amide bonds. The van der Waals surface area contributed by atoms with Crippen LogP contribution in [0.1, 0.15) is 30.6 Å². The van der Waals surface area contributed by atoms with Crippen LogP contribution < -0.4 is 10.6 Å². The number of ether oxygens (including phenoxy) is 1. The van der Waals surface area contributed by atoms with E-state index >= 15 is 0 Å². The van der Waals surface area contributed by atoms with Crippen LogP contribution in [0.25, 0.3) is 0 Å². The van der Waals surface area contributed by atoms with Crippen molar-refractivity contribution in [2.45, 2.75) is 26.3 Å². The number of carbonyl (C=O) groups excluding carboxylic acids is 2. The van der Waals surface area contributed by atoms with Crippen LogP contribution in [0.15, 0.2) is 24.3 Å². The first kappa shape index (κ1) is 20.4. The molecule has 1 heterocycles. The van der Waals surface area contributed by atoms with E-state index in [9.17, 15) is 9.59 Å². The molecule has 2 N–H and O–H groups in total. The van der Waals surface area contributed by atoms with Crippen molar-refractivity contribution in [3.8, 4) is 0 Å². The Hall–Kier alpha value is -1.63. The predicted molar refractivity (Wildman–Crippen MR) is 96.8 cm³/mol. The summed E-state index contributed by atoms with van der Waals surface area (Å²) in [6, 6.07) is 7.12. The van der Waals surface area contributed by atoms with Gasteiger partial charge in [0.25, 0.3) is 5.91 Å². The minimum atomic E-state index is -0.0829. The summed E-state index contributed by atoms with van der Waals surface area (Å²) in [6.07, 6.45) is 0.355. The Morgan fingerprint density at radius 1 is 1.33 bits per heavy atom. The number of nitrogens with one attached hydrogen (secondary N) is 2. The van der Waals surface area contributed by atoms with Gasteiger partial charge in [0.2, 0.25) is 5.91 Å². The summed E-state index contributed by atoms with van der Waals surface area (Å²) in [4.78, 5) is 26.2. The van der Waals surface area contributed by atoms with Crippen LogP contribution in [-0.2, 0) is 9.53 Å². The molecule has 1 atom stereocenters. The second-order valence-electron chi connectivity index (χ2n) is 5.54. The van der Waals surface area contributed by atoms with Crippen LogP contribution in [0, 0.1) is 0 Å². The van der Waals surface area contributed by atoms with E-state index in [2.05, 4.69) is 10.6 Å². The zero-order valence-electron chi connectivity index (χ0n) is 14.2. The van der Waals surface area contributed by atoms with Gasteiger partial charge in [-0.3, -0.25) is 9.59 Å². The summed E-state index contributed by atoms with van der Waals surface area (Å²) in [5.74, 6) is -0.103. The Bertz CT molecular complexity index is 544. The Labute approximate surface area is 149 Å². The molecule has 0 saturated carbocycles. The fourth-order valence-corrected chi connectivity index (χ4v) is 2.61. The molecule has 2 rings (SSSR count). The Balaban J connectivity index is 0.00000288. The molecular weight excluding hydrogens is 330 g/mol. The molecule has 7 heteroatoms. The molecule has 0 bridgehead atoms. The van der Waals surface area contributed by atoms with Crippen LogP contribution in [0.5, 0.6) is 0 Å². The van der Waals surface area contributed by atoms with Gasteiger partial charge in [0.15, 0.2) is 0 Å². The summed E-state index contributed by atoms with van der Waals surface area (Å²) in [6.45, 7) is 7.24. The molecule has 0 spiro atoms. The standard InChI is InChI=1S/C17H25N3O3.ClH/c1-3-20(4-2)17(22)13-6-5-7-14(10-13)19-16(21)11-15-12-23-9-8-18-15;/h5-7,10,15,18H,3-4,8-9,11-12H2,1-2H3,(H,19,21);1H. The van der Waals surface area contributed by atoms with Crippen molar-refractivity contribution >= 4 is 29.9 Å². The van der Waals surface area contributed by atoms with Crippen LogP contribution in [0.3, 0.4) is 0 Å². The Morgan fingerprint density at radius 2 is 2.08 bits per heavy atom. The van der Waals surface area contributed by atoms with E-state index in [1.54, 1.807) is 29.2 Å². The second kappa shape index (κ2) is 10.3. The number of amides is 2. The van der Waals surface area contributed by atoms with Gasteiger partial charge in [0, 0.05) is 43.3 Å². The lowest BCUT2D eigenvalue weighted by Gasteiger charge is -2.23. The zero-order valence-corrected chi connectivity index (χ0v) is 15.0. The largest absolute Gasteiger partial charge is 0.378 e. The number of hydrogen-bond acceptors (Lipinski definition) is 4. The number of carbonyl (C=O) groups is 2. The zero-order chi connectivity index (χ0) is 16.7. The third kappa shape index (κ3) is 5.78. The normalized spacial score (nSPS) is 16.8. The number of nitrogens with zero attached hydrogens (tertiary/aromatic N) is 1. The monoisotopic (exact) mass is 355 g/mol. The third-order valence-corrected chi connectivity index (χ3v) is 3.87. The number of rotatable bonds is 6. The molecule has 6 nitrogen and oxygen atoms in total. The van der Waals surface area contributed by atoms with Gasteiger partial charge < -0.3 is 20.3 Å². The lowest BCUT2D eigenvalue weighted by Crippen LogP contribution is -2.43. The molecule has 1 fully saturated rings. The summed E-state index contributed by atoms with van der Waals surface area (Å²) >= 11 is 0. The van der Waals surface area contributed by atoms with E-state index in [4.69, 9.17) is 4.74 Å².